The van der Waals surface area contributed by atoms with Crippen LogP contribution in [0, 0.1) is 0 Å². The molecule has 1 aromatic rings. The molecule has 0 amide bonds. The van der Waals surface area contributed by atoms with Gasteiger partial charge in [-0.05, 0) is 31.0 Å². The van der Waals surface area contributed by atoms with E-state index in [-0.39, 0.29) is 11.7 Å². The van der Waals surface area contributed by atoms with E-state index in [1.807, 2.05) is 18.2 Å². The van der Waals surface area contributed by atoms with Gasteiger partial charge in [-0.15, -0.1) is 0 Å². The van der Waals surface area contributed by atoms with Gasteiger partial charge in [0.1, 0.15) is 0 Å². The zero-order chi connectivity index (χ0) is 13.9. The molecule has 1 saturated heterocycles. The molecular formula is C15H23NO3. The van der Waals surface area contributed by atoms with Gasteiger partial charge in [0.15, 0.2) is 11.5 Å². The van der Waals surface area contributed by atoms with Gasteiger partial charge in [0.25, 0.3) is 0 Å². The molecule has 2 atom stereocenters. The van der Waals surface area contributed by atoms with Crippen molar-refractivity contribution in [2.75, 3.05) is 27.3 Å². The first-order valence-corrected chi connectivity index (χ1v) is 6.72. The molecule has 4 nitrogen and oxygen atoms in total. The molecule has 2 unspecified atom stereocenters. The van der Waals surface area contributed by atoms with Crippen LogP contribution in [-0.4, -0.2) is 32.9 Å². The molecule has 0 radical (unpaired) electrons. The SMILES string of the molecule is CCC1(C)CNCC(c2ccc(OC)c(OC)c2)O1. The first-order valence-electron chi connectivity index (χ1n) is 6.72. The molecule has 1 fully saturated rings. The third-order valence-electron chi connectivity index (χ3n) is 3.78. The highest BCUT2D eigenvalue weighted by Crippen LogP contribution is 2.34. The highest BCUT2D eigenvalue weighted by Gasteiger charge is 2.32. The fourth-order valence-electron chi connectivity index (χ4n) is 2.34. The minimum absolute atomic E-state index is 0.0542. The Morgan fingerprint density at radius 2 is 2.05 bits per heavy atom. The second-order valence-corrected chi connectivity index (χ2v) is 5.16. The summed E-state index contributed by atoms with van der Waals surface area (Å²) in [5, 5.41) is 3.44. The number of hydrogen-bond acceptors (Lipinski definition) is 4. The molecule has 1 aliphatic rings. The third-order valence-corrected chi connectivity index (χ3v) is 3.78. The van der Waals surface area contributed by atoms with Crippen molar-refractivity contribution in [1.29, 1.82) is 0 Å². The number of hydrogen-bond donors (Lipinski definition) is 1. The monoisotopic (exact) mass is 265 g/mol. The summed E-state index contributed by atoms with van der Waals surface area (Å²) in [5.41, 5.74) is 1.01. The molecule has 0 spiro atoms. The van der Waals surface area contributed by atoms with Gasteiger partial charge in [-0.1, -0.05) is 13.0 Å². The van der Waals surface area contributed by atoms with Gasteiger partial charge in [-0.25, -0.2) is 0 Å². The summed E-state index contributed by atoms with van der Waals surface area (Å²) < 4.78 is 16.8. The maximum Gasteiger partial charge on any atom is 0.161 e. The molecule has 0 aliphatic carbocycles. The van der Waals surface area contributed by atoms with Crippen molar-refractivity contribution < 1.29 is 14.2 Å². The predicted molar refractivity (Wildman–Crippen MR) is 74.9 cm³/mol. The van der Waals surface area contributed by atoms with Gasteiger partial charge in [0, 0.05) is 13.1 Å². The van der Waals surface area contributed by atoms with Crippen LogP contribution in [0.25, 0.3) is 0 Å². The predicted octanol–water partition coefficient (Wildman–Crippen LogP) is 2.53. The average molecular weight is 265 g/mol. The van der Waals surface area contributed by atoms with E-state index < -0.39 is 0 Å². The molecule has 0 bridgehead atoms. The van der Waals surface area contributed by atoms with Crippen LogP contribution in [0.5, 0.6) is 11.5 Å². The Balaban J connectivity index is 2.22. The number of rotatable bonds is 4. The minimum Gasteiger partial charge on any atom is -0.493 e. The fourth-order valence-corrected chi connectivity index (χ4v) is 2.34. The average Bonchev–Trinajstić information content (AvgIpc) is 2.46. The molecule has 0 saturated carbocycles. The lowest BCUT2D eigenvalue weighted by atomic mass is 9.98. The zero-order valence-corrected chi connectivity index (χ0v) is 12.2. The molecule has 19 heavy (non-hydrogen) atoms. The zero-order valence-electron chi connectivity index (χ0n) is 12.2. The normalized spacial score (nSPS) is 27.1. The van der Waals surface area contributed by atoms with Gasteiger partial charge in [0.05, 0.1) is 25.9 Å². The number of morpholine rings is 1. The molecule has 1 N–H and O–H groups in total. The lowest BCUT2D eigenvalue weighted by Crippen LogP contribution is -2.48. The van der Waals surface area contributed by atoms with E-state index in [4.69, 9.17) is 14.2 Å². The minimum atomic E-state index is -0.101. The summed E-state index contributed by atoms with van der Waals surface area (Å²) in [7, 11) is 3.29. The van der Waals surface area contributed by atoms with Crippen LogP contribution in [0.4, 0.5) is 0 Å². The van der Waals surface area contributed by atoms with Gasteiger partial charge in [-0.3, -0.25) is 0 Å². The second-order valence-electron chi connectivity index (χ2n) is 5.16. The van der Waals surface area contributed by atoms with Crippen molar-refractivity contribution in [1.82, 2.24) is 5.32 Å². The van der Waals surface area contributed by atoms with E-state index in [0.717, 1.165) is 36.6 Å². The van der Waals surface area contributed by atoms with E-state index in [9.17, 15) is 0 Å². The number of ether oxygens (including phenoxy) is 3. The summed E-state index contributed by atoms with van der Waals surface area (Å²) in [5.74, 6) is 1.49. The molecule has 0 aromatic heterocycles. The second kappa shape index (κ2) is 5.80. The first-order chi connectivity index (χ1) is 9.11. The van der Waals surface area contributed by atoms with E-state index in [1.165, 1.54) is 0 Å². The van der Waals surface area contributed by atoms with Crippen LogP contribution < -0.4 is 14.8 Å². The van der Waals surface area contributed by atoms with Crippen molar-refractivity contribution in [2.24, 2.45) is 0 Å². The first kappa shape index (κ1) is 14.2. The van der Waals surface area contributed by atoms with Crippen LogP contribution in [0.2, 0.25) is 0 Å². The molecule has 1 aliphatic heterocycles. The van der Waals surface area contributed by atoms with Crippen molar-refractivity contribution in [3.8, 4) is 11.5 Å². The number of benzene rings is 1. The quantitative estimate of drug-likeness (QED) is 0.908. The lowest BCUT2D eigenvalue weighted by molar-refractivity contribution is -0.109. The van der Waals surface area contributed by atoms with E-state index in [2.05, 4.69) is 19.2 Å². The molecule has 1 aromatic carbocycles. The standard InChI is InChI=1S/C15H23NO3/c1-5-15(2)10-16-9-14(19-15)11-6-7-12(17-3)13(8-11)18-4/h6-8,14,16H,5,9-10H2,1-4H3. The van der Waals surface area contributed by atoms with Gasteiger partial charge in [0.2, 0.25) is 0 Å². The summed E-state index contributed by atoms with van der Waals surface area (Å²) in [6, 6.07) is 5.96. The maximum absolute atomic E-state index is 6.22. The van der Waals surface area contributed by atoms with Crippen molar-refractivity contribution >= 4 is 0 Å². The summed E-state index contributed by atoms with van der Waals surface area (Å²) in [6.07, 6.45) is 1.04. The summed E-state index contributed by atoms with van der Waals surface area (Å²) >= 11 is 0. The Bertz CT molecular complexity index is 435. The number of methoxy groups -OCH3 is 2. The van der Waals surface area contributed by atoms with Crippen LogP contribution >= 0.6 is 0 Å². The Labute approximate surface area is 115 Å². The maximum atomic E-state index is 6.22. The Morgan fingerprint density at radius 1 is 1.32 bits per heavy atom. The third kappa shape index (κ3) is 3.01. The topological polar surface area (TPSA) is 39.7 Å². The Morgan fingerprint density at radius 3 is 2.68 bits per heavy atom. The Hall–Kier alpha value is -1.26. The van der Waals surface area contributed by atoms with Crippen molar-refractivity contribution in [2.45, 2.75) is 32.0 Å². The smallest absolute Gasteiger partial charge is 0.161 e. The van der Waals surface area contributed by atoms with Crippen LogP contribution in [0.1, 0.15) is 31.9 Å². The van der Waals surface area contributed by atoms with Gasteiger partial charge in [-0.2, -0.15) is 0 Å². The molecule has 106 valence electrons. The highest BCUT2D eigenvalue weighted by molar-refractivity contribution is 5.43. The van der Waals surface area contributed by atoms with Crippen LogP contribution in [0.15, 0.2) is 18.2 Å². The lowest BCUT2D eigenvalue weighted by Gasteiger charge is -2.39. The van der Waals surface area contributed by atoms with Gasteiger partial charge < -0.3 is 19.5 Å². The Kier molecular flexibility index (Phi) is 4.32. The van der Waals surface area contributed by atoms with Gasteiger partial charge >= 0.3 is 0 Å². The molecular weight excluding hydrogens is 242 g/mol. The van der Waals surface area contributed by atoms with Crippen molar-refractivity contribution in [3.63, 3.8) is 0 Å². The number of nitrogens with one attached hydrogen (secondary N) is 1. The molecule has 1 heterocycles. The van der Waals surface area contributed by atoms with E-state index in [1.54, 1.807) is 14.2 Å². The van der Waals surface area contributed by atoms with E-state index in [0.29, 0.717) is 0 Å². The summed E-state index contributed by atoms with van der Waals surface area (Å²) in [4.78, 5) is 0. The van der Waals surface area contributed by atoms with Crippen LogP contribution in [-0.2, 0) is 4.74 Å². The van der Waals surface area contributed by atoms with Crippen LogP contribution in [0.3, 0.4) is 0 Å². The summed E-state index contributed by atoms with van der Waals surface area (Å²) in [6.45, 7) is 6.02. The molecule has 2 rings (SSSR count). The largest absolute Gasteiger partial charge is 0.493 e. The van der Waals surface area contributed by atoms with E-state index >= 15 is 0 Å². The molecule has 4 heteroatoms. The van der Waals surface area contributed by atoms with Crippen molar-refractivity contribution in [3.05, 3.63) is 23.8 Å². The highest BCUT2D eigenvalue weighted by atomic mass is 16.5. The fraction of sp³-hybridized carbons (Fsp3) is 0.600.